The van der Waals surface area contributed by atoms with Gasteiger partial charge in [-0.15, -0.1) is 28.1 Å². The third-order valence-electron chi connectivity index (χ3n) is 4.88. The van der Waals surface area contributed by atoms with Crippen molar-refractivity contribution < 1.29 is 23.9 Å². The molecule has 3 rings (SSSR count). The van der Waals surface area contributed by atoms with Gasteiger partial charge >= 0.3 is 5.97 Å². The maximum absolute atomic E-state index is 12.7. The molecule has 1 unspecified atom stereocenters. The smallest absolute Gasteiger partial charge is 0.341 e. The molecule has 1 atom stereocenters. The molecule has 2 heterocycles. The summed E-state index contributed by atoms with van der Waals surface area (Å²) in [5.74, 6) is -0.701. The van der Waals surface area contributed by atoms with Crippen LogP contribution in [0.3, 0.4) is 0 Å². The predicted octanol–water partition coefficient (Wildman–Crippen LogP) is 4.24. The Bertz CT molecular complexity index is 1310. The van der Waals surface area contributed by atoms with Crippen LogP contribution in [0.2, 0.25) is 5.02 Å². The van der Waals surface area contributed by atoms with E-state index >= 15 is 0 Å². The average molecular weight is 550 g/mol. The zero-order valence-corrected chi connectivity index (χ0v) is 22.1. The van der Waals surface area contributed by atoms with Crippen molar-refractivity contribution in [3.8, 4) is 5.75 Å². The number of ether oxygens (including phenoxy) is 2. The van der Waals surface area contributed by atoms with Crippen LogP contribution in [-0.2, 0) is 16.1 Å². The minimum Gasteiger partial charge on any atom is -0.483 e. The Labute approximate surface area is 220 Å². The van der Waals surface area contributed by atoms with Crippen molar-refractivity contribution in [2.45, 2.75) is 31.7 Å². The van der Waals surface area contributed by atoms with Gasteiger partial charge in [-0.1, -0.05) is 35.5 Å². The van der Waals surface area contributed by atoms with Crippen LogP contribution in [-0.4, -0.2) is 45.4 Å². The number of carbonyl (C=O) groups is 3. The molecule has 0 fully saturated rings. The Morgan fingerprint density at radius 1 is 1.36 bits per heavy atom. The average Bonchev–Trinajstić information content (AvgIpc) is 3.38. The number of allylic oxidation sites excluding steroid dienone is 1. The lowest BCUT2D eigenvalue weighted by Crippen LogP contribution is -2.17. The summed E-state index contributed by atoms with van der Waals surface area (Å²) in [6.07, 6.45) is 1.23. The topological polar surface area (TPSA) is 138 Å². The number of nitrogens with zero attached hydrogens (tertiary/aromatic N) is 3. The number of hydrogen-bond acceptors (Lipinski definition) is 9. The minimum atomic E-state index is -0.698. The Balaban J connectivity index is 1.74. The predicted molar refractivity (Wildman–Crippen MR) is 139 cm³/mol. The second-order valence-corrected chi connectivity index (χ2v) is 9.81. The SMILES string of the molecule is C=CCn1c(SCC(=O)Nc2sc(C(N)=O)c(C)c2C(=O)OC)nnc1C(C)Oc1cccc(Cl)c1. The zero-order chi connectivity index (χ0) is 26.4. The maximum atomic E-state index is 12.7. The van der Waals surface area contributed by atoms with Crippen molar-refractivity contribution in [3.63, 3.8) is 0 Å². The van der Waals surface area contributed by atoms with E-state index in [1.807, 2.05) is 6.92 Å². The first-order valence-corrected chi connectivity index (χ1v) is 12.7. The number of methoxy groups -OCH3 is 1. The Morgan fingerprint density at radius 3 is 2.75 bits per heavy atom. The van der Waals surface area contributed by atoms with Gasteiger partial charge in [-0.3, -0.25) is 14.2 Å². The Hall–Kier alpha value is -3.35. The van der Waals surface area contributed by atoms with Crippen LogP contribution in [0.4, 0.5) is 5.00 Å². The largest absolute Gasteiger partial charge is 0.483 e. The number of nitrogens with two attached hydrogens (primary N) is 1. The minimum absolute atomic E-state index is 0.0394. The molecule has 36 heavy (non-hydrogen) atoms. The fourth-order valence-electron chi connectivity index (χ4n) is 3.28. The molecule has 0 aliphatic heterocycles. The van der Waals surface area contributed by atoms with E-state index < -0.39 is 23.9 Å². The van der Waals surface area contributed by atoms with Crippen molar-refractivity contribution >= 4 is 57.5 Å². The fraction of sp³-hybridized carbons (Fsp3) is 0.261. The summed E-state index contributed by atoms with van der Waals surface area (Å²) in [7, 11) is 1.21. The first-order chi connectivity index (χ1) is 17.2. The number of thioether (sulfide) groups is 1. The number of thiophene rings is 1. The molecule has 2 aromatic heterocycles. The van der Waals surface area contributed by atoms with E-state index in [1.54, 1.807) is 41.8 Å². The Kier molecular flexibility index (Phi) is 9.13. The quantitative estimate of drug-likeness (QED) is 0.206. The lowest BCUT2D eigenvalue weighted by molar-refractivity contribution is -0.113. The Morgan fingerprint density at radius 2 is 2.11 bits per heavy atom. The van der Waals surface area contributed by atoms with Crippen molar-refractivity contribution in [2.24, 2.45) is 5.73 Å². The van der Waals surface area contributed by atoms with Gasteiger partial charge in [-0.2, -0.15) is 0 Å². The van der Waals surface area contributed by atoms with Crippen molar-refractivity contribution in [1.29, 1.82) is 0 Å². The van der Waals surface area contributed by atoms with Gasteiger partial charge in [0.2, 0.25) is 5.91 Å². The van der Waals surface area contributed by atoms with Gasteiger partial charge in [-0.25, -0.2) is 4.79 Å². The molecule has 0 radical (unpaired) electrons. The third-order valence-corrected chi connectivity index (χ3v) is 7.30. The second-order valence-electron chi connectivity index (χ2n) is 7.41. The summed E-state index contributed by atoms with van der Waals surface area (Å²) in [5, 5.41) is 12.3. The molecule has 2 amide bonds. The van der Waals surface area contributed by atoms with Gasteiger partial charge in [0.05, 0.1) is 23.3 Å². The molecule has 0 aliphatic carbocycles. The zero-order valence-electron chi connectivity index (χ0n) is 19.7. The molecule has 0 saturated carbocycles. The number of esters is 1. The number of aromatic nitrogens is 3. The summed E-state index contributed by atoms with van der Waals surface area (Å²) in [6, 6.07) is 7.02. The van der Waals surface area contributed by atoms with Gasteiger partial charge in [0.25, 0.3) is 5.91 Å². The van der Waals surface area contributed by atoms with Gasteiger partial charge in [0, 0.05) is 11.6 Å². The number of carbonyl (C=O) groups excluding carboxylic acids is 3. The first kappa shape index (κ1) is 27.2. The maximum Gasteiger partial charge on any atom is 0.341 e. The van der Waals surface area contributed by atoms with E-state index in [1.165, 1.54) is 7.11 Å². The molecule has 13 heteroatoms. The molecular formula is C23H24ClN5O5S2. The van der Waals surface area contributed by atoms with Gasteiger partial charge in [0.15, 0.2) is 17.1 Å². The van der Waals surface area contributed by atoms with E-state index in [-0.39, 0.29) is 21.2 Å². The molecule has 0 saturated heterocycles. The highest BCUT2D eigenvalue weighted by Crippen LogP contribution is 2.34. The van der Waals surface area contributed by atoms with Crippen molar-refractivity contribution in [3.05, 3.63) is 63.8 Å². The molecule has 3 aromatic rings. The molecule has 0 spiro atoms. The molecule has 3 N–H and O–H groups in total. The summed E-state index contributed by atoms with van der Waals surface area (Å²) < 4.78 is 12.5. The van der Waals surface area contributed by atoms with Crippen LogP contribution in [0.25, 0.3) is 0 Å². The van der Waals surface area contributed by atoms with E-state index in [0.29, 0.717) is 33.9 Å². The number of primary amides is 1. The summed E-state index contributed by atoms with van der Waals surface area (Å²) in [4.78, 5) is 36.8. The summed E-state index contributed by atoms with van der Waals surface area (Å²) >= 11 is 8.10. The number of anilines is 1. The molecular weight excluding hydrogens is 526 g/mol. The lowest BCUT2D eigenvalue weighted by Gasteiger charge is -2.16. The van der Waals surface area contributed by atoms with Gasteiger partial charge in [-0.05, 0) is 37.6 Å². The highest BCUT2D eigenvalue weighted by atomic mass is 35.5. The fourth-order valence-corrected chi connectivity index (χ4v) is 5.28. The van der Waals surface area contributed by atoms with Crippen LogP contribution in [0, 0.1) is 6.92 Å². The third kappa shape index (κ3) is 6.25. The first-order valence-electron chi connectivity index (χ1n) is 10.6. The van der Waals surface area contributed by atoms with E-state index in [2.05, 4.69) is 22.1 Å². The van der Waals surface area contributed by atoms with Gasteiger partial charge in [0.1, 0.15) is 10.8 Å². The van der Waals surface area contributed by atoms with Crippen molar-refractivity contribution in [2.75, 3.05) is 18.2 Å². The van der Waals surface area contributed by atoms with E-state index in [0.717, 1.165) is 23.1 Å². The highest BCUT2D eigenvalue weighted by Gasteiger charge is 2.26. The lowest BCUT2D eigenvalue weighted by atomic mass is 10.1. The number of nitrogens with one attached hydrogen (secondary N) is 1. The van der Waals surface area contributed by atoms with Gasteiger partial charge < -0.3 is 20.5 Å². The van der Waals surface area contributed by atoms with E-state index in [9.17, 15) is 14.4 Å². The second kappa shape index (κ2) is 12.1. The standard InChI is InChI=1S/C23H24ClN5O5S2/c1-5-9-29-20(13(3)34-15-8-6-7-14(24)10-15)27-28-23(29)35-11-16(30)26-21-17(22(32)33-4)12(2)18(36-21)19(25)31/h5-8,10,13H,1,9,11H2,2-4H3,(H2,25,31)(H,26,30). The normalized spacial score (nSPS) is 11.6. The molecule has 10 nitrogen and oxygen atoms in total. The van der Waals surface area contributed by atoms with Crippen LogP contribution in [0.5, 0.6) is 5.75 Å². The number of rotatable bonds is 11. The number of benzene rings is 1. The number of amides is 2. The van der Waals surface area contributed by atoms with Crippen molar-refractivity contribution in [1.82, 2.24) is 14.8 Å². The van der Waals surface area contributed by atoms with Crippen LogP contribution >= 0.6 is 34.7 Å². The highest BCUT2D eigenvalue weighted by molar-refractivity contribution is 7.99. The van der Waals surface area contributed by atoms with Crippen LogP contribution < -0.4 is 15.8 Å². The molecule has 0 aliphatic rings. The molecule has 190 valence electrons. The molecule has 1 aromatic carbocycles. The molecule has 0 bridgehead atoms. The monoisotopic (exact) mass is 549 g/mol. The van der Waals surface area contributed by atoms with E-state index in [4.69, 9.17) is 26.8 Å². The summed E-state index contributed by atoms with van der Waals surface area (Å²) in [6.45, 7) is 7.57. The van der Waals surface area contributed by atoms with Crippen LogP contribution in [0.1, 0.15) is 44.4 Å². The number of halogens is 1. The number of hydrogen-bond donors (Lipinski definition) is 2. The van der Waals surface area contributed by atoms with Crippen LogP contribution in [0.15, 0.2) is 42.1 Å². The summed E-state index contributed by atoms with van der Waals surface area (Å²) in [5.41, 5.74) is 5.84.